The number of ether oxygens (including phenoxy) is 1. The van der Waals surface area contributed by atoms with E-state index in [1.165, 1.54) is 0 Å². The Labute approximate surface area is 142 Å². The summed E-state index contributed by atoms with van der Waals surface area (Å²) in [6, 6.07) is 7.21. The van der Waals surface area contributed by atoms with Crippen molar-refractivity contribution in [2.75, 3.05) is 38.1 Å². The summed E-state index contributed by atoms with van der Waals surface area (Å²) in [5.41, 5.74) is 1.14. The van der Waals surface area contributed by atoms with Gasteiger partial charge < -0.3 is 20.3 Å². The molecular weight excluding hydrogens is 306 g/mol. The lowest BCUT2D eigenvalue weighted by Gasteiger charge is -2.18. The predicted octanol–water partition coefficient (Wildman–Crippen LogP) is 1.63. The molecule has 2 aliphatic heterocycles. The maximum atomic E-state index is 12.6. The molecule has 24 heavy (non-hydrogen) atoms. The first-order valence-corrected chi connectivity index (χ1v) is 8.74. The van der Waals surface area contributed by atoms with Gasteiger partial charge in [0.05, 0.1) is 23.9 Å². The van der Waals surface area contributed by atoms with Crippen molar-refractivity contribution >= 4 is 17.5 Å². The molecule has 2 aliphatic rings. The second-order valence-electron chi connectivity index (χ2n) is 6.36. The van der Waals surface area contributed by atoms with Gasteiger partial charge in [0.1, 0.15) is 0 Å². The van der Waals surface area contributed by atoms with Crippen molar-refractivity contribution in [3.63, 3.8) is 0 Å². The van der Waals surface area contributed by atoms with Gasteiger partial charge in [0, 0.05) is 26.2 Å². The number of carbonyl (C=O) groups is 2. The fraction of sp³-hybridized carbons (Fsp3) is 0.556. The SMILES string of the molecule is O=C(CNCC1CCCO1)Nc1ccccc1C(=O)N1CCCC1. The molecule has 0 spiro atoms. The number of nitrogens with one attached hydrogen (secondary N) is 2. The number of anilines is 1. The minimum absolute atomic E-state index is 0.00397. The van der Waals surface area contributed by atoms with E-state index in [1.54, 1.807) is 12.1 Å². The third-order valence-corrected chi connectivity index (χ3v) is 4.51. The molecule has 2 N–H and O–H groups in total. The second kappa shape index (κ2) is 8.26. The highest BCUT2D eigenvalue weighted by atomic mass is 16.5. The topological polar surface area (TPSA) is 70.7 Å². The number of likely N-dealkylation sites (tertiary alicyclic amines) is 1. The first-order chi connectivity index (χ1) is 11.7. The van der Waals surface area contributed by atoms with Crippen LogP contribution in [0.2, 0.25) is 0 Å². The van der Waals surface area contributed by atoms with E-state index in [-0.39, 0.29) is 24.5 Å². The summed E-state index contributed by atoms with van der Waals surface area (Å²) in [4.78, 5) is 26.6. The van der Waals surface area contributed by atoms with Gasteiger partial charge in [-0.25, -0.2) is 0 Å². The monoisotopic (exact) mass is 331 g/mol. The van der Waals surface area contributed by atoms with Crippen LogP contribution in [0.4, 0.5) is 5.69 Å². The van der Waals surface area contributed by atoms with Crippen LogP contribution in [-0.4, -0.2) is 55.6 Å². The minimum Gasteiger partial charge on any atom is -0.377 e. The van der Waals surface area contributed by atoms with Crippen molar-refractivity contribution in [1.82, 2.24) is 10.2 Å². The van der Waals surface area contributed by atoms with Crippen molar-refractivity contribution < 1.29 is 14.3 Å². The van der Waals surface area contributed by atoms with E-state index in [9.17, 15) is 9.59 Å². The molecular formula is C18H25N3O3. The molecule has 2 saturated heterocycles. The Balaban J connectivity index is 1.53. The number of nitrogens with zero attached hydrogens (tertiary/aromatic N) is 1. The average Bonchev–Trinajstić information content (AvgIpc) is 3.28. The van der Waals surface area contributed by atoms with Crippen LogP contribution < -0.4 is 10.6 Å². The lowest BCUT2D eigenvalue weighted by molar-refractivity contribution is -0.115. The fourth-order valence-corrected chi connectivity index (χ4v) is 3.22. The number of carbonyl (C=O) groups excluding carboxylic acids is 2. The third kappa shape index (κ3) is 4.33. The van der Waals surface area contributed by atoms with E-state index in [0.717, 1.165) is 45.4 Å². The molecule has 0 bridgehead atoms. The minimum atomic E-state index is -0.144. The van der Waals surface area contributed by atoms with Crippen molar-refractivity contribution in [3.05, 3.63) is 29.8 Å². The molecule has 2 heterocycles. The van der Waals surface area contributed by atoms with Crippen LogP contribution in [0.3, 0.4) is 0 Å². The molecule has 1 aromatic rings. The molecule has 0 radical (unpaired) electrons. The number of para-hydroxylation sites is 1. The fourth-order valence-electron chi connectivity index (χ4n) is 3.22. The summed E-state index contributed by atoms with van der Waals surface area (Å²) in [6.07, 6.45) is 4.44. The average molecular weight is 331 g/mol. The maximum Gasteiger partial charge on any atom is 0.255 e. The molecule has 0 saturated carbocycles. The van der Waals surface area contributed by atoms with E-state index >= 15 is 0 Å². The van der Waals surface area contributed by atoms with Crippen LogP contribution >= 0.6 is 0 Å². The number of hydrogen-bond acceptors (Lipinski definition) is 4. The molecule has 2 amide bonds. The van der Waals surface area contributed by atoms with Crippen molar-refractivity contribution in [2.24, 2.45) is 0 Å². The van der Waals surface area contributed by atoms with E-state index in [2.05, 4.69) is 10.6 Å². The Morgan fingerprint density at radius 1 is 1.17 bits per heavy atom. The first kappa shape index (κ1) is 16.9. The lowest BCUT2D eigenvalue weighted by atomic mass is 10.1. The summed E-state index contributed by atoms with van der Waals surface area (Å²) in [5.74, 6) is -0.148. The highest BCUT2D eigenvalue weighted by Gasteiger charge is 2.22. The van der Waals surface area contributed by atoms with E-state index in [4.69, 9.17) is 4.74 Å². The molecule has 1 atom stereocenters. The zero-order chi connectivity index (χ0) is 16.8. The van der Waals surface area contributed by atoms with E-state index in [1.807, 2.05) is 17.0 Å². The lowest BCUT2D eigenvalue weighted by Crippen LogP contribution is -2.34. The summed E-state index contributed by atoms with van der Waals surface area (Å²) in [6.45, 7) is 3.30. The highest BCUT2D eigenvalue weighted by molar-refractivity contribution is 6.04. The van der Waals surface area contributed by atoms with Gasteiger partial charge >= 0.3 is 0 Å². The molecule has 1 aromatic carbocycles. The van der Waals surface area contributed by atoms with Crippen molar-refractivity contribution in [1.29, 1.82) is 0 Å². The summed E-state index contributed by atoms with van der Waals surface area (Å²) >= 11 is 0. The summed E-state index contributed by atoms with van der Waals surface area (Å²) in [5, 5.41) is 5.97. The van der Waals surface area contributed by atoms with Gasteiger partial charge in [-0.1, -0.05) is 12.1 Å². The smallest absolute Gasteiger partial charge is 0.255 e. The number of benzene rings is 1. The van der Waals surface area contributed by atoms with Gasteiger partial charge in [-0.15, -0.1) is 0 Å². The molecule has 0 aromatic heterocycles. The zero-order valence-corrected chi connectivity index (χ0v) is 13.9. The standard InChI is InChI=1S/C18H25N3O3/c22-17(13-19-12-14-6-5-11-24-14)20-16-8-2-1-7-15(16)18(23)21-9-3-4-10-21/h1-2,7-8,14,19H,3-6,9-13H2,(H,20,22). The predicted molar refractivity (Wildman–Crippen MR) is 92.1 cm³/mol. The Bertz CT molecular complexity index is 579. The number of amides is 2. The molecule has 6 heteroatoms. The zero-order valence-electron chi connectivity index (χ0n) is 13.9. The highest BCUT2D eigenvalue weighted by Crippen LogP contribution is 2.20. The first-order valence-electron chi connectivity index (χ1n) is 8.74. The van der Waals surface area contributed by atoms with Crippen LogP contribution in [0.5, 0.6) is 0 Å². The Morgan fingerprint density at radius 2 is 1.96 bits per heavy atom. The molecule has 0 aliphatic carbocycles. The molecule has 130 valence electrons. The molecule has 3 rings (SSSR count). The Morgan fingerprint density at radius 3 is 2.71 bits per heavy atom. The summed E-state index contributed by atoms with van der Waals surface area (Å²) < 4.78 is 5.52. The van der Waals surface area contributed by atoms with Crippen molar-refractivity contribution in [2.45, 2.75) is 31.8 Å². The largest absolute Gasteiger partial charge is 0.377 e. The third-order valence-electron chi connectivity index (χ3n) is 4.51. The normalized spacial score (nSPS) is 20.3. The van der Waals surface area contributed by atoms with Crippen LogP contribution in [0.15, 0.2) is 24.3 Å². The molecule has 2 fully saturated rings. The summed E-state index contributed by atoms with van der Waals surface area (Å²) in [7, 11) is 0. The van der Waals surface area contributed by atoms with Crippen LogP contribution in [0.25, 0.3) is 0 Å². The van der Waals surface area contributed by atoms with Crippen LogP contribution in [0, 0.1) is 0 Å². The quantitative estimate of drug-likeness (QED) is 0.831. The van der Waals surface area contributed by atoms with Gasteiger partial charge in [0.2, 0.25) is 5.91 Å². The maximum absolute atomic E-state index is 12.6. The van der Waals surface area contributed by atoms with Gasteiger partial charge in [0.25, 0.3) is 5.91 Å². The number of hydrogen-bond donors (Lipinski definition) is 2. The molecule has 1 unspecified atom stereocenters. The van der Waals surface area contributed by atoms with Gasteiger partial charge in [-0.3, -0.25) is 9.59 Å². The van der Waals surface area contributed by atoms with Crippen LogP contribution in [-0.2, 0) is 9.53 Å². The van der Waals surface area contributed by atoms with E-state index < -0.39 is 0 Å². The van der Waals surface area contributed by atoms with Gasteiger partial charge in [0.15, 0.2) is 0 Å². The van der Waals surface area contributed by atoms with E-state index in [0.29, 0.717) is 17.8 Å². The van der Waals surface area contributed by atoms with Crippen molar-refractivity contribution in [3.8, 4) is 0 Å². The van der Waals surface area contributed by atoms with Gasteiger partial charge in [-0.05, 0) is 37.8 Å². The Hall–Kier alpha value is -1.92. The molecule has 6 nitrogen and oxygen atoms in total. The van der Waals surface area contributed by atoms with Gasteiger partial charge in [-0.2, -0.15) is 0 Å². The van der Waals surface area contributed by atoms with Crippen LogP contribution in [0.1, 0.15) is 36.0 Å². The second-order valence-corrected chi connectivity index (χ2v) is 6.36. The number of rotatable bonds is 6. The Kier molecular flexibility index (Phi) is 5.82.